The van der Waals surface area contributed by atoms with Gasteiger partial charge in [0.1, 0.15) is 23.8 Å². The van der Waals surface area contributed by atoms with Gasteiger partial charge in [-0.05, 0) is 37.1 Å². The van der Waals surface area contributed by atoms with Crippen LogP contribution in [0.15, 0.2) is 41.0 Å². The fraction of sp³-hybridized carbons (Fsp3) is 0.458. The molecule has 1 aromatic heterocycles. The molecule has 35 heavy (non-hydrogen) atoms. The summed E-state index contributed by atoms with van der Waals surface area (Å²) in [6, 6.07) is 8.45. The molecule has 1 aromatic carbocycles. The van der Waals surface area contributed by atoms with Gasteiger partial charge in [-0.15, -0.1) is 0 Å². The van der Waals surface area contributed by atoms with Crippen molar-refractivity contribution in [3.8, 4) is 11.5 Å². The highest BCUT2D eigenvalue weighted by atomic mass is 32.2. The fourth-order valence-corrected chi connectivity index (χ4v) is 5.04. The first kappa shape index (κ1) is 24.8. The van der Waals surface area contributed by atoms with Crippen LogP contribution in [0.4, 0.5) is 5.69 Å². The zero-order chi connectivity index (χ0) is 24.6. The maximum atomic E-state index is 12.9. The Morgan fingerprint density at radius 1 is 1.00 bits per heavy atom. The third kappa shape index (κ3) is 7.32. The number of nitrogens with one attached hydrogen (secondary N) is 2. The van der Waals surface area contributed by atoms with Crippen LogP contribution in [-0.4, -0.2) is 57.7 Å². The first-order valence-electron chi connectivity index (χ1n) is 11.6. The first-order valence-corrected chi connectivity index (χ1v) is 13.1. The Balaban J connectivity index is 1.30. The molecule has 1 atom stereocenters. The van der Waals surface area contributed by atoms with Crippen LogP contribution in [0.3, 0.4) is 0 Å². The van der Waals surface area contributed by atoms with Gasteiger partial charge in [0.2, 0.25) is 24.5 Å². The monoisotopic (exact) mass is 503 g/mol. The van der Waals surface area contributed by atoms with Crippen LogP contribution in [0.1, 0.15) is 37.9 Å². The number of hydrogen-bond acceptors (Lipinski definition) is 7. The number of hydrogen-bond donors (Lipinski definition) is 2. The van der Waals surface area contributed by atoms with Gasteiger partial charge < -0.3 is 29.4 Å². The molecule has 0 radical (unpaired) electrons. The summed E-state index contributed by atoms with van der Waals surface area (Å²) in [5.41, 5.74) is 0.474. The van der Waals surface area contributed by atoms with Crippen LogP contribution in [0.2, 0.25) is 0 Å². The average molecular weight is 504 g/mol. The van der Waals surface area contributed by atoms with Crippen molar-refractivity contribution in [2.24, 2.45) is 0 Å². The lowest BCUT2D eigenvalue weighted by Gasteiger charge is -2.25. The molecule has 1 unspecified atom stereocenters. The van der Waals surface area contributed by atoms with Gasteiger partial charge in [0.25, 0.3) is 0 Å². The number of fused-ring (bicyclic) bond motifs is 1. The summed E-state index contributed by atoms with van der Waals surface area (Å²) >= 11 is 0. The lowest BCUT2D eigenvalue weighted by atomic mass is 9.95. The lowest BCUT2D eigenvalue weighted by Crippen LogP contribution is -2.45. The minimum Gasteiger partial charge on any atom is -0.467 e. The standard InChI is InChI=1S/C24H29N3O7S/c28-22(25-17-5-2-1-3-6-17)13-27(12-19-7-4-10-32-19)24(30)15-35(31)14-23(29)26-18-8-9-20-21(11-18)34-16-33-20/h4,7-11,17H,1-3,5-6,12-16H2,(H,25,28)(H,26,29). The van der Waals surface area contributed by atoms with Gasteiger partial charge in [-0.2, -0.15) is 0 Å². The van der Waals surface area contributed by atoms with E-state index in [-0.39, 0.29) is 43.3 Å². The topological polar surface area (TPSA) is 127 Å². The number of nitrogens with zero attached hydrogens (tertiary/aromatic N) is 1. The predicted octanol–water partition coefficient (Wildman–Crippen LogP) is 2.17. The second-order valence-corrected chi connectivity index (χ2v) is 10.0. The van der Waals surface area contributed by atoms with Crippen molar-refractivity contribution >= 4 is 34.2 Å². The zero-order valence-electron chi connectivity index (χ0n) is 19.3. The van der Waals surface area contributed by atoms with Crippen LogP contribution >= 0.6 is 0 Å². The summed E-state index contributed by atoms with van der Waals surface area (Å²) in [5, 5.41) is 5.64. The highest BCUT2D eigenvalue weighted by Crippen LogP contribution is 2.34. The zero-order valence-corrected chi connectivity index (χ0v) is 20.1. The molecule has 2 aliphatic rings. The highest BCUT2D eigenvalue weighted by molar-refractivity contribution is 7.86. The molecule has 1 fully saturated rings. The number of carbonyl (C=O) groups excluding carboxylic acids is 3. The number of anilines is 1. The molecule has 11 heteroatoms. The van der Waals surface area contributed by atoms with E-state index in [0.29, 0.717) is 22.9 Å². The fourth-order valence-electron chi connectivity index (χ4n) is 4.11. The molecular formula is C24H29N3O7S. The van der Waals surface area contributed by atoms with Gasteiger partial charge in [-0.1, -0.05) is 19.3 Å². The maximum Gasteiger partial charge on any atom is 0.239 e. The number of carbonyl (C=O) groups is 3. The minimum atomic E-state index is -1.76. The molecule has 2 aromatic rings. The third-order valence-electron chi connectivity index (χ3n) is 5.82. The summed E-state index contributed by atoms with van der Waals surface area (Å²) in [6.07, 6.45) is 6.67. The molecule has 1 aliphatic heterocycles. The summed E-state index contributed by atoms with van der Waals surface area (Å²) in [7, 11) is -1.76. The van der Waals surface area contributed by atoms with Crippen LogP contribution < -0.4 is 20.1 Å². The molecule has 188 valence electrons. The van der Waals surface area contributed by atoms with E-state index in [1.165, 1.54) is 17.6 Å². The van der Waals surface area contributed by atoms with E-state index < -0.39 is 22.6 Å². The predicted molar refractivity (Wildman–Crippen MR) is 128 cm³/mol. The molecule has 0 saturated heterocycles. The molecule has 1 saturated carbocycles. The number of benzene rings is 1. The Morgan fingerprint density at radius 3 is 2.57 bits per heavy atom. The number of furan rings is 1. The van der Waals surface area contributed by atoms with Crippen molar-refractivity contribution in [2.75, 3.05) is 30.2 Å². The van der Waals surface area contributed by atoms with E-state index in [0.717, 1.165) is 25.7 Å². The molecule has 4 rings (SSSR count). The Kier molecular flexibility index (Phi) is 8.40. The number of rotatable bonds is 10. The SMILES string of the molecule is O=C(CS(=O)CC(=O)N(CC(=O)NC1CCCCC1)Cc1ccco1)Nc1ccc2c(c1)OCO2. The van der Waals surface area contributed by atoms with Crippen molar-refractivity contribution in [1.82, 2.24) is 10.2 Å². The number of amides is 3. The summed E-state index contributed by atoms with van der Waals surface area (Å²) in [4.78, 5) is 39.2. The molecule has 10 nitrogen and oxygen atoms in total. The van der Waals surface area contributed by atoms with Crippen LogP contribution in [-0.2, 0) is 31.7 Å². The average Bonchev–Trinajstić information content (AvgIpc) is 3.50. The Bertz CT molecular complexity index is 1070. The quantitative estimate of drug-likeness (QED) is 0.509. The summed E-state index contributed by atoms with van der Waals surface area (Å²) in [5.74, 6) is -0.384. The van der Waals surface area contributed by atoms with Crippen LogP contribution in [0, 0.1) is 0 Å². The van der Waals surface area contributed by atoms with Crippen molar-refractivity contribution < 1.29 is 32.5 Å². The van der Waals surface area contributed by atoms with Crippen molar-refractivity contribution in [2.45, 2.75) is 44.7 Å². The molecule has 0 spiro atoms. The molecule has 2 heterocycles. The third-order valence-corrected chi connectivity index (χ3v) is 6.97. The van der Waals surface area contributed by atoms with E-state index in [4.69, 9.17) is 13.9 Å². The van der Waals surface area contributed by atoms with Crippen molar-refractivity contribution in [1.29, 1.82) is 0 Å². The summed E-state index contributed by atoms with van der Waals surface area (Å²) < 4.78 is 28.4. The smallest absolute Gasteiger partial charge is 0.239 e. The van der Waals surface area contributed by atoms with Crippen molar-refractivity contribution in [3.05, 3.63) is 42.4 Å². The second-order valence-electron chi connectivity index (χ2n) is 8.58. The summed E-state index contributed by atoms with van der Waals surface area (Å²) in [6.45, 7) is 0.0210. The van der Waals surface area contributed by atoms with E-state index in [9.17, 15) is 18.6 Å². The van der Waals surface area contributed by atoms with Crippen LogP contribution in [0.5, 0.6) is 11.5 Å². The molecule has 1 aliphatic carbocycles. The largest absolute Gasteiger partial charge is 0.467 e. The van der Waals surface area contributed by atoms with Crippen LogP contribution in [0.25, 0.3) is 0 Å². The van der Waals surface area contributed by atoms with Gasteiger partial charge in [-0.3, -0.25) is 18.6 Å². The van der Waals surface area contributed by atoms with Gasteiger partial charge >= 0.3 is 0 Å². The Hall–Kier alpha value is -3.34. The normalized spacial score (nSPS) is 15.9. The number of ether oxygens (including phenoxy) is 2. The van der Waals surface area contributed by atoms with Gasteiger partial charge in [0.05, 0.1) is 12.8 Å². The minimum absolute atomic E-state index is 0.0739. The van der Waals surface area contributed by atoms with Gasteiger partial charge in [-0.25, -0.2) is 0 Å². The van der Waals surface area contributed by atoms with Gasteiger partial charge in [0, 0.05) is 28.6 Å². The van der Waals surface area contributed by atoms with E-state index in [2.05, 4.69) is 10.6 Å². The molecule has 2 N–H and O–H groups in total. The first-order chi connectivity index (χ1) is 17.0. The molecular weight excluding hydrogens is 474 g/mol. The highest BCUT2D eigenvalue weighted by Gasteiger charge is 2.24. The van der Waals surface area contributed by atoms with Gasteiger partial charge in [0.15, 0.2) is 11.5 Å². The van der Waals surface area contributed by atoms with E-state index in [1.807, 2.05) is 0 Å². The van der Waals surface area contributed by atoms with E-state index in [1.54, 1.807) is 30.3 Å². The van der Waals surface area contributed by atoms with Crippen molar-refractivity contribution in [3.63, 3.8) is 0 Å². The van der Waals surface area contributed by atoms with E-state index >= 15 is 0 Å². The maximum absolute atomic E-state index is 12.9. The Morgan fingerprint density at radius 2 is 1.80 bits per heavy atom. The Labute approximate surface area is 205 Å². The second kappa shape index (κ2) is 11.9. The molecule has 3 amide bonds. The molecule has 0 bridgehead atoms. The lowest BCUT2D eigenvalue weighted by molar-refractivity contribution is -0.135.